The highest BCUT2D eigenvalue weighted by molar-refractivity contribution is 5.90. The Morgan fingerprint density at radius 2 is 1.56 bits per heavy atom. The predicted octanol–water partition coefficient (Wildman–Crippen LogP) is 3.62. The van der Waals surface area contributed by atoms with Crippen LogP contribution in [0, 0.1) is 13.8 Å². The zero-order chi connectivity index (χ0) is 19.4. The van der Waals surface area contributed by atoms with Crippen molar-refractivity contribution >= 4 is 29.0 Å². The number of urea groups is 1. The van der Waals surface area contributed by atoms with Crippen molar-refractivity contribution < 1.29 is 9.59 Å². The molecule has 0 atom stereocenters. The van der Waals surface area contributed by atoms with Crippen LogP contribution in [0.5, 0.6) is 0 Å². The van der Waals surface area contributed by atoms with E-state index in [1.807, 2.05) is 61.2 Å². The van der Waals surface area contributed by atoms with Crippen molar-refractivity contribution in [3.63, 3.8) is 0 Å². The van der Waals surface area contributed by atoms with E-state index in [0.29, 0.717) is 13.1 Å². The second-order valence-electron chi connectivity index (χ2n) is 6.88. The van der Waals surface area contributed by atoms with Gasteiger partial charge in [0.1, 0.15) is 0 Å². The van der Waals surface area contributed by atoms with Crippen LogP contribution in [0.15, 0.2) is 42.5 Å². The van der Waals surface area contributed by atoms with Crippen LogP contribution in [0.3, 0.4) is 0 Å². The van der Waals surface area contributed by atoms with Gasteiger partial charge in [0.2, 0.25) is 5.91 Å². The predicted molar refractivity (Wildman–Crippen MR) is 109 cm³/mol. The number of hydrogen-bond donors (Lipinski definition) is 2. The number of amides is 3. The van der Waals surface area contributed by atoms with Gasteiger partial charge in [-0.05, 0) is 55.3 Å². The molecule has 1 saturated heterocycles. The van der Waals surface area contributed by atoms with E-state index in [-0.39, 0.29) is 11.9 Å². The second kappa shape index (κ2) is 8.12. The molecule has 0 saturated carbocycles. The molecule has 142 valence electrons. The van der Waals surface area contributed by atoms with Crippen molar-refractivity contribution in [1.29, 1.82) is 0 Å². The van der Waals surface area contributed by atoms with Gasteiger partial charge in [-0.25, -0.2) is 4.79 Å². The zero-order valence-corrected chi connectivity index (χ0v) is 16.1. The first kappa shape index (κ1) is 18.8. The lowest BCUT2D eigenvalue weighted by Gasteiger charge is -2.36. The highest BCUT2D eigenvalue weighted by Crippen LogP contribution is 2.21. The summed E-state index contributed by atoms with van der Waals surface area (Å²) in [6.07, 6.45) is 0. The van der Waals surface area contributed by atoms with Crippen LogP contribution in [0.25, 0.3) is 0 Å². The quantitative estimate of drug-likeness (QED) is 0.872. The molecule has 1 heterocycles. The van der Waals surface area contributed by atoms with Crippen molar-refractivity contribution in [2.24, 2.45) is 0 Å². The summed E-state index contributed by atoms with van der Waals surface area (Å²) >= 11 is 0. The first-order chi connectivity index (χ1) is 12.9. The SMILES string of the molecule is CC(=O)Nc1ccc(N2CCN(C(=O)Nc3cccc(C)c3C)CC2)cc1. The summed E-state index contributed by atoms with van der Waals surface area (Å²) in [5, 5.41) is 5.80. The monoisotopic (exact) mass is 366 g/mol. The van der Waals surface area contributed by atoms with Crippen LogP contribution < -0.4 is 15.5 Å². The van der Waals surface area contributed by atoms with E-state index in [1.54, 1.807) is 0 Å². The molecule has 0 unspecified atom stereocenters. The number of carbonyl (C=O) groups excluding carboxylic acids is 2. The highest BCUT2D eigenvalue weighted by atomic mass is 16.2. The maximum absolute atomic E-state index is 12.6. The summed E-state index contributed by atoms with van der Waals surface area (Å²) in [4.78, 5) is 27.8. The molecule has 0 spiro atoms. The van der Waals surface area contributed by atoms with Gasteiger partial charge < -0.3 is 20.4 Å². The number of hydrogen-bond acceptors (Lipinski definition) is 3. The van der Waals surface area contributed by atoms with Gasteiger partial charge in [0, 0.05) is 50.2 Å². The molecule has 0 aliphatic carbocycles. The maximum Gasteiger partial charge on any atom is 0.321 e. The minimum atomic E-state index is -0.0776. The normalized spacial score (nSPS) is 14.0. The van der Waals surface area contributed by atoms with Gasteiger partial charge in [-0.1, -0.05) is 12.1 Å². The Labute approximate surface area is 160 Å². The van der Waals surface area contributed by atoms with Crippen molar-refractivity contribution in [2.45, 2.75) is 20.8 Å². The van der Waals surface area contributed by atoms with Gasteiger partial charge in [-0.3, -0.25) is 4.79 Å². The Hall–Kier alpha value is -3.02. The summed E-state index contributed by atoms with van der Waals surface area (Å²) in [6, 6.07) is 13.7. The van der Waals surface area contributed by atoms with Crippen molar-refractivity contribution in [1.82, 2.24) is 4.90 Å². The van der Waals surface area contributed by atoms with Gasteiger partial charge in [0.15, 0.2) is 0 Å². The van der Waals surface area contributed by atoms with Crippen molar-refractivity contribution in [3.05, 3.63) is 53.6 Å². The molecule has 1 aliphatic rings. The molecule has 3 rings (SSSR count). The standard InChI is InChI=1S/C21H26N4O2/c1-15-5-4-6-20(16(15)2)23-21(27)25-13-11-24(12-14-25)19-9-7-18(8-10-19)22-17(3)26/h4-10H,11-14H2,1-3H3,(H,22,26)(H,23,27). The number of anilines is 3. The molecule has 1 fully saturated rings. The van der Waals surface area contributed by atoms with Crippen LogP contribution in [0.2, 0.25) is 0 Å². The van der Waals surface area contributed by atoms with E-state index in [1.165, 1.54) is 12.5 Å². The molecule has 2 aromatic carbocycles. The fourth-order valence-electron chi connectivity index (χ4n) is 3.21. The zero-order valence-electron chi connectivity index (χ0n) is 16.1. The Morgan fingerprint density at radius 3 is 2.19 bits per heavy atom. The third-order valence-electron chi connectivity index (χ3n) is 4.97. The molecule has 2 aromatic rings. The number of piperazine rings is 1. The topological polar surface area (TPSA) is 64.7 Å². The molecular weight excluding hydrogens is 340 g/mol. The van der Waals surface area contributed by atoms with E-state index in [2.05, 4.69) is 15.5 Å². The maximum atomic E-state index is 12.6. The fourth-order valence-corrected chi connectivity index (χ4v) is 3.21. The molecule has 3 amide bonds. The van der Waals surface area contributed by atoms with Crippen LogP contribution in [0.1, 0.15) is 18.1 Å². The van der Waals surface area contributed by atoms with Crippen molar-refractivity contribution in [3.8, 4) is 0 Å². The molecule has 6 heteroatoms. The Kier molecular flexibility index (Phi) is 5.64. The van der Waals surface area contributed by atoms with Gasteiger partial charge in [0.05, 0.1) is 0 Å². The smallest absolute Gasteiger partial charge is 0.321 e. The van der Waals surface area contributed by atoms with Gasteiger partial charge >= 0.3 is 6.03 Å². The highest BCUT2D eigenvalue weighted by Gasteiger charge is 2.21. The second-order valence-corrected chi connectivity index (χ2v) is 6.88. The van der Waals surface area contributed by atoms with Gasteiger partial charge in [-0.2, -0.15) is 0 Å². The number of benzene rings is 2. The molecule has 6 nitrogen and oxygen atoms in total. The number of nitrogens with one attached hydrogen (secondary N) is 2. The lowest BCUT2D eigenvalue weighted by atomic mass is 10.1. The molecule has 2 N–H and O–H groups in total. The minimum Gasteiger partial charge on any atom is -0.368 e. The minimum absolute atomic E-state index is 0.0515. The third kappa shape index (κ3) is 4.58. The summed E-state index contributed by atoms with van der Waals surface area (Å²) in [5.74, 6) is -0.0776. The molecule has 0 aromatic heterocycles. The number of aryl methyl sites for hydroxylation is 1. The first-order valence-electron chi connectivity index (χ1n) is 9.19. The van der Waals surface area contributed by atoms with E-state index >= 15 is 0 Å². The number of rotatable bonds is 3. The Bertz CT molecular complexity index is 825. The van der Waals surface area contributed by atoms with E-state index in [9.17, 15) is 9.59 Å². The summed E-state index contributed by atoms with van der Waals surface area (Å²) in [6.45, 7) is 8.46. The largest absolute Gasteiger partial charge is 0.368 e. The van der Waals surface area contributed by atoms with Gasteiger partial charge in [0.25, 0.3) is 0 Å². The van der Waals surface area contributed by atoms with E-state index in [0.717, 1.165) is 35.7 Å². The molecule has 1 aliphatic heterocycles. The Balaban J connectivity index is 1.56. The Morgan fingerprint density at radius 1 is 0.889 bits per heavy atom. The lowest BCUT2D eigenvalue weighted by Crippen LogP contribution is -2.50. The van der Waals surface area contributed by atoms with Gasteiger partial charge in [-0.15, -0.1) is 0 Å². The van der Waals surface area contributed by atoms with Crippen LogP contribution >= 0.6 is 0 Å². The lowest BCUT2D eigenvalue weighted by molar-refractivity contribution is -0.114. The first-order valence-corrected chi connectivity index (χ1v) is 9.19. The summed E-state index contributed by atoms with van der Waals surface area (Å²) in [7, 11) is 0. The van der Waals surface area contributed by atoms with E-state index in [4.69, 9.17) is 0 Å². The fraction of sp³-hybridized carbons (Fsp3) is 0.333. The molecule has 0 radical (unpaired) electrons. The van der Waals surface area contributed by atoms with Crippen molar-refractivity contribution in [2.75, 3.05) is 41.7 Å². The average Bonchev–Trinajstić information content (AvgIpc) is 2.66. The van der Waals surface area contributed by atoms with E-state index < -0.39 is 0 Å². The molecular formula is C21H26N4O2. The van der Waals surface area contributed by atoms with Crippen LogP contribution in [-0.4, -0.2) is 43.0 Å². The molecule has 0 bridgehead atoms. The number of nitrogens with zero attached hydrogens (tertiary/aromatic N) is 2. The number of carbonyl (C=O) groups is 2. The van der Waals surface area contributed by atoms with Crippen LogP contribution in [-0.2, 0) is 4.79 Å². The average molecular weight is 366 g/mol. The summed E-state index contributed by atoms with van der Waals surface area (Å²) in [5.41, 5.74) is 5.02. The van der Waals surface area contributed by atoms with Crippen LogP contribution in [0.4, 0.5) is 21.9 Å². The molecule has 27 heavy (non-hydrogen) atoms. The third-order valence-corrected chi connectivity index (χ3v) is 4.97. The summed E-state index contributed by atoms with van der Waals surface area (Å²) < 4.78 is 0.